The maximum absolute atomic E-state index is 14.3. The van der Waals surface area contributed by atoms with Crippen molar-refractivity contribution in [1.82, 2.24) is 31.9 Å². The van der Waals surface area contributed by atoms with Gasteiger partial charge in [0.15, 0.2) is 0 Å². The van der Waals surface area contributed by atoms with E-state index >= 15 is 0 Å². The van der Waals surface area contributed by atoms with Crippen molar-refractivity contribution in [3.63, 3.8) is 0 Å². The molecule has 0 saturated carbocycles. The second-order valence-electron chi connectivity index (χ2n) is 31.6. The fraction of sp³-hybridized carbons (Fsp3) is 0.360. The van der Waals surface area contributed by atoms with Crippen LogP contribution < -0.4 is 52.0 Å². The minimum atomic E-state index is -1.30. The molecule has 0 fully saturated rings. The summed E-state index contributed by atoms with van der Waals surface area (Å²) in [5.41, 5.74) is 8.06. The van der Waals surface area contributed by atoms with Crippen LogP contribution in [0.2, 0.25) is 0 Å². The molecule has 0 heterocycles. The summed E-state index contributed by atoms with van der Waals surface area (Å²) < 4.78 is 33.7. The normalized spacial score (nSPS) is 13.1. The van der Waals surface area contributed by atoms with Crippen molar-refractivity contribution < 1.29 is 81.4 Å². The molecule has 8 aromatic carbocycles. The maximum Gasteiger partial charge on any atom is 0.519 e. The van der Waals surface area contributed by atoms with Crippen LogP contribution in [0.25, 0.3) is 22.3 Å². The van der Waals surface area contributed by atoms with Crippen LogP contribution in [0.1, 0.15) is 164 Å². The van der Waals surface area contributed by atoms with Crippen LogP contribution in [0.4, 0.5) is 46.7 Å². The smallest absolute Gasteiger partial charge is 0.449 e. The standard InChI is InChI=1S/C89H100N10O19/c1-53(2)77(96-85(106)113-51-71-67-27-15-11-23-63(67)64-24-12-16-28-68(64)71)81(102)94-73(31-19-21-45-90-83(104)117-88(5,6)7)79(100)92-59-37-33-55(34-38-59)47-57-49-61(98(109)110)41-43-75(57)115-87(108)116-76-44-42-62(99(111)112)50-58(76)48-56-35-39-60(40-36-56)93-80(101)74(32-20-22-46-91-84(105)118-89(8,9)10)95-82(103)78(54(3)4)97-86(107)114-52-72-69-29-17-13-25-65(69)66-26-14-18-30-70(66)72/h11-18,23-30,33-44,49-50,53-54,71-74,77-78H,19-22,31-32,45-48,51-52H2,1-10H3,(H,90,104)(H,91,105)(H,92,100)(H,93,101)(H,94,102)(H,95,103)(H,96,106)(H,97,107)/t73-,74-,77-,78-/m0/s1. The monoisotopic (exact) mass is 1610 g/mol. The average molecular weight is 1610 g/mol. The van der Waals surface area contributed by atoms with Gasteiger partial charge in [-0.05, 0) is 184 Å². The second-order valence-corrected chi connectivity index (χ2v) is 31.6. The summed E-state index contributed by atoms with van der Waals surface area (Å²) in [4.78, 5) is 146. The average Bonchev–Trinajstić information content (AvgIpc) is 1.62. The second kappa shape index (κ2) is 39.9. The van der Waals surface area contributed by atoms with Gasteiger partial charge in [0.2, 0.25) is 23.6 Å². The van der Waals surface area contributed by atoms with E-state index in [9.17, 15) is 63.4 Å². The summed E-state index contributed by atoms with van der Waals surface area (Å²) in [6.45, 7) is 17.8. The number of ether oxygens (including phenoxy) is 6. The predicted octanol–water partition coefficient (Wildman–Crippen LogP) is 15.6. The fourth-order valence-corrected chi connectivity index (χ4v) is 14.0. The number of fused-ring (bicyclic) bond motifs is 6. The molecule has 29 nitrogen and oxygen atoms in total. The Hall–Kier alpha value is -13.2. The van der Waals surface area contributed by atoms with Crippen molar-refractivity contribution in [3.8, 4) is 33.8 Å². The zero-order valence-corrected chi connectivity index (χ0v) is 67.6. The number of alkyl carbamates (subject to hydrolysis) is 4. The van der Waals surface area contributed by atoms with Gasteiger partial charge in [-0.15, -0.1) is 0 Å². The minimum Gasteiger partial charge on any atom is -0.449 e. The Bertz CT molecular complexity index is 4580. The number of nitro benzene ring substituents is 2. The topological polar surface area (TPSA) is 392 Å². The molecule has 620 valence electrons. The molecule has 0 unspecified atom stereocenters. The molecule has 10 rings (SSSR count). The first-order chi connectivity index (χ1) is 56.2. The van der Waals surface area contributed by atoms with Crippen molar-refractivity contribution in [2.75, 3.05) is 36.9 Å². The van der Waals surface area contributed by atoms with Crippen molar-refractivity contribution in [1.29, 1.82) is 0 Å². The van der Waals surface area contributed by atoms with E-state index < -0.39 is 111 Å². The Morgan fingerprint density at radius 1 is 0.407 bits per heavy atom. The fourth-order valence-electron chi connectivity index (χ4n) is 14.0. The molecule has 0 aromatic heterocycles. The molecule has 2 aliphatic carbocycles. The summed E-state index contributed by atoms with van der Waals surface area (Å²) in [6.07, 6.45) is -2.60. The molecule has 118 heavy (non-hydrogen) atoms. The van der Waals surface area contributed by atoms with E-state index in [1.54, 1.807) is 118 Å². The molecule has 0 spiro atoms. The number of nitro groups is 2. The van der Waals surface area contributed by atoms with Gasteiger partial charge in [-0.1, -0.05) is 149 Å². The third kappa shape index (κ3) is 24.4. The number of non-ortho nitro benzene ring substituents is 2. The molecular weight excluding hydrogens is 1510 g/mol. The van der Waals surface area contributed by atoms with E-state index in [2.05, 4.69) is 42.5 Å². The number of carbonyl (C=O) groups excluding carboxylic acids is 9. The van der Waals surface area contributed by atoms with Crippen LogP contribution in [0.3, 0.4) is 0 Å². The molecule has 8 aromatic rings. The van der Waals surface area contributed by atoms with Crippen LogP contribution in [0, 0.1) is 32.1 Å². The van der Waals surface area contributed by atoms with Gasteiger partial charge in [-0.25, -0.2) is 24.0 Å². The first-order valence-corrected chi connectivity index (χ1v) is 39.3. The van der Waals surface area contributed by atoms with E-state index in [0.29, 0.717) is 48.2 Å². The van der Waals surface area contributed by atoms with E-state index in [4.69, 9.17) is 28.4 Å². The van der Waals surface area contributed by atoms with E-state index in [1.807, 2.05) is 97.1 Å². The molecule has 0 bridgehead atoms. The zero-order chi connectivity index (χ0) is 85.0. The molecule has 0 saturated heterocycles. The third-order valence-corrected chi connectivity index (χ3v) is 19.7. The Morgan fingerprint density at radius 2 is 0.737 bits per heavy atom. The van der Waals surface area contributed by atoms with Crippen LogP contribution in [-0.4, -0.2) is 126 Å². The Labute approximate surface area is 684 Å². The van der Waals surface area contributed by atoms with E-state index in [1.165, 1.54) is 24.3 Å². The SMILES string of the molecule is CC(C)[C@H](NC(=O)OCC1c2ccccc2-c2ccccc21)C(=O)N[C@@H](CCCCNC(=O)OC(C)(C)C)C(=O)Nc1ccc(Cc2cc([N+](=O)[O-])ccc2OC(=O)Oc2ccc([N+](=O)[O-])cc2Cc2ccc(NC(=O)[C@H](CCCCNC(=O)OC(C)(C)C)NC(=O)[C@@H](NC(=O)OCC3c4ccccc4-c4ccccc43)C(C)C)cc2)cc1. The number of carbonyl (C=O) groups is 9. The highest BCUT2D eigenvalue weighted by molar-refractivity contribution is 5.99. The Kier molecular flexibility index (Phi) is 29.5. The number of nitrogens with zero attached hydrogens (tertiary/aromatic N) is 2. The van der Waals surface area contributed by atoms with Gasteiger partial charge in [-0.3, -0.25) is 39.4 Å². The first kappa shape index (κ1) is 87.2. The molecule has 8 amide bonds. The van der Waals surface area contributed by atoms with Gasteiger partial charge in [0, 0.05) is 84.5 Å². The highest BCUT2D eigenvalue weighted by Gasteiger charge is 2.36. The quantitative estimate of drug-likeness (QED) is 0.00464. The van der Waals surface area contributed by atoms with Gasteiger partial charge in [0.1, 0.15) is 60.1 Å². The summed E-state index contributed by atoms with van der Waals surface area (Å²) in [6, 6.07) is 46.9. The van der Waals surface area contributed by atoms with Crippen LogP contribution in [0.15, 0.2) is 182 Å². The summed E-state index contributed by atoms with van der Waals surface area (Å²) >= 11 is 0. The van der Waals surface area contributed by atoms with E-state index in [0.717, 1.165) is 56.6 Å². The highest BCUT2D eigenvalue weighted by atomic mass is 16.7. The van der Waals surface area contributed by atoms with Crippen molar-refractivity contribution in [3.05, 3.63) is 247 Å². The highest BCUT2D eigenvalue weighted by Crippen LogP contribution is 2.46. The lowest BCUT2D eigenvalue weighted by atomic mass is 9.98. The van der Waals surface area contributed by atoms with Gasteiger partial charge < -0.3 is 71.0 Å². The molecule has 0 radical (unpaired) electrons. The first-order valence-electron chi connectivity index (χ1n) is 39.3. The maximum atomic E-state index is 14.3. The lowest BCUT2D eigenvalue weighted by Gasteiger charge is -2.25. The van der Waals surface area contributed by atoms with Gasteiger partial charge >= 0.3 is 30.5 Å². The molecule has 8 N–H and O–H groups in total. The van der Waals surface area contributed by atoms with Crippen LogP contribution in [-0.2, 0) is 51.0 Å². The lowest BCUT2D eigenvalue weighted by molar-refractivity contribution is -0.385. The number of amides is 8. The number of hydrogen-bond acceptors (Lipinski definition) is 19. The number of unbranched alkanes of at least 4 members (excludes halogenated alkanes) is 2. The number of rotatable bonds is 34. The molecule has 2 aliphatic rings. The summed E-state index contributed by atoms with van der Waals surface area (Å²) in [5.74, 6) is -4.18. The molecular formula is C89H100N10O19. The van der Waals surface area contributed by atoms with Gasteiger partial charge in [0.05, 0.1) is 9.85 Å². The Balaban J connectivity index is 0.774. The van der Waals surface area contributed by atoms with Gasteiger partial charge in [0.25, 0.3) is 11.4 Å². The zero-order valence-electron chi connectivity index (χ0n) is 67.6. The summed E-state index contributed by atoms with van der Waals surface area (Å²) in [7, 11) is 0. The molecule has 0 aliphatic heterocycles. The van der Waals surface area contributed by atoms with Gasteiger partial charge in [-0.2, -0.15) is 0 Å². The molecule has 4 atom stereocenters. The van der Waals surface area contributed by atoms with Crippen molar-refractivity contribution >= 4 is 76.9 Å². The lowest BCUT2D eigenvalue weighted by Crippen LogP contribution is -2.54. The largest absolute Gasteiger partial charge is 0.519 e. The van der Waals surface area contributed by atoms with Crippen LogP contribution >= 0.6 is 0 Å². The van der Waals surface area contributed by atoms with Crippen molar-refractivity contribution in [2.24, 2.45) is 11.8 Å². The minimum absolute atomic E-state index is 0.00233. The third-order valence-electron chi connectivity index (χ3n) is 19.7. The Morgan fingerprint density at radius 3 is 1.05 bits per heavy atom. The number of hydrogen-bond donors (Lipinski definition) is 8. The number of anilines is 2. The molecule has 29 heteroatoms. The predicted molar refractivity (Wildman–Crippen MR) is 442 cm³/mol. The van der Waals surface area contributed by atoms with E-state index in [-0.39, 0.29) is 97.8 Å². The van der Waals surface area contributed by atoms with Crippen molar-refractivity contribution in [2.45, 2.75) is 168 Å². The number of benzene rings is 8. The summed E-state index contributed by atoms with van der Waals surface area (Å²) in [5, 5.41) is 46.5. The number of nitrogens with one attached hydrogen (secondary N) is 8. The van der Waals surface area contributed by atoms with Crippen LogP contribution in [0.5, 0.6) is 11.5 Å².